The topological polar surface area (TPSA) is 58.2 Å². The Kier molecular flexibility index (Phi) is 4.61. The van der Waals surface area contributed by atoms with Crippen LogP contribution in [0.1, 0.15) is 34.0 Å². The molecule has 0 saturated heterocycles. The zero-order chi connectivity index (χ0) is 16.3. The van der Waals surface area contributed by atoms with E-state index < -0.39 is 0 Å². The van der Waals surface area contributed by atoms with Crippen LogP contribution in [-0.2, 0) is 4.79 Å². The summed E-state index contributed by atoms with van der Waals surface area (Å²) in [6.45, 7) is 7.29. The van der Waals surface area contributed by atoms with E-state index in [0.29, 0.717) is 11.3 Å². The first-order valence-corrected chi connectivity index (χ1v) is 7.13. The summed E-state index contributed by atoms with van der Waals surface area (Å²) in [5, 5.41) is 5.63. The van der Waals surface area contributed by atoms with Crippen LogP contribution in [0.4, 0.5) is 11.4 Å². The van der Waals surface area contributed by atoms with E-state index in [0.717, 1.165) is 22.4 Å². The van der Waals surface area contributed by atoms with E-state index in [4.69, 9.17) is 0 Å². The molecule has 0 radical (unpaired) electrons. The molecule has 2 rings (SSSR count). The molecule has 0 aliphatic carbocycles. The highest BCUT2D eigenvalue weighted by molar-refractivity contribution is 6.04. The second-order valence-electron chi connectivity index (χ2n) is 5.54. The van der Waals surface area contributed by atoms with Gasteiger partial charge in [-0.1, -0.05) is 17.2 Å². The standard InChI is InChI=1S/C18H20N2O2/c1-11-7-12(2)9-15(8-11)18(22)20-16-5-6-17(13(3)10-16)19-14(4)21/h5-10H,1-4H3,(H,19,21)(H,20,22). The third kappa shape index (κ3) is 3.95. The van der Waals surface area contributed by atoms with Crippen molar-refractivity contribution in [1.82, 2.24) is 0 Å². The predicted octanol–water partition coefficient (Wildman–Crippen LogP) is 3.82. The van der Waals surface area contributed by atoms with Crippen molar-refractivity contribution >= 4 is 23.2 Å². The Hall–Kier alpha value is -2.62. The van der Waals surface area contributed by atoms with E-state index in [9.17, 15) is 9.59 Å². The molecule has 4 heteroatoms. The lowest BCUT2D eigenvalue weighted by atomic mass is 10.1. The number of benzene rings is 2. The maximum atomic E-state index is 12.3. The second-order valence-corrected chi connectivity index (χ2v) is 5.54. The zero-order valence-corrected chi connectivity index (χ0v) is 13.3. The van der Waals surface area contributed by atoms with Crippen molar-refractivity contribution in [3.05, 3.63) is 58.7 Å². The number of hydrogen-bond donors (Lipinski definition) is 2. The normalized spacial score (nSPS) is 10.2. The minimum absolute atomic E-state index is 0.116. The molecular weight excluding hydrogens is 276 g/mol. The Morgan fingerprint density at radius 1 is 0.864 bits per heavy atom. The summed E-state index contributed by atoms with van der Waals surface area (Å²) in [4.78, 5) is 23.4. The maximum Gasteiger partial charge on any atom is 0.255 e. The van der Waals surface area contributed by atoms with Crippen LogP contribution in [0.3, 0.4) is 0 Å². The van der Waals surface area contributed by atoms with Gasteiger partial charge in [-0.3, -0.25) is 9.59 Å². The number of anilines is 2. The fourth-order valence-electron chi connectivity index (χ4n) is 2.38. The van der Waals surface area contributed by atoms with Gasteiger partial charge in [0.05, 0.1) is 0 Å². The molecule has 0 fully saturated rings. The molecule has 4 nitrogen and oxygen atoms in total. The molecule has 0 aliphatic heterocycles. The van der Waals surface area contributed by atoms with E-state index in [-0.39, 0.29) is 11.8 Å². The predicted molar refractivity (Wildman–Crippen MR) is 89.4 cm³/mol. The van der Waals surface area contributed by atoms with Gasteiger partial charge in [-0.15, -0.1) is 0 Å². The fraction of sp³-hybridized carbons (Fsp3) is 0.222. The van der Waals surface area contributed by atoms with Gasteiger partial charge in [-0.2, -0.15) is 0 Å². The van der Waals surface area contributed by atoms with E-state index in [2.05, 4.69) is 10.6 Å². The van der Waals surface area contributed by atoms with Crippen molar-refractivity contribution in [3.63, 3.8) is 0 Å². The highest BCUT2D eigenvalue weighted by atomic mass is 16.2. The molecule has 22 heavy (non-hydrogen) atoms. The van der Waals surface area contributed by atoms with Crippen molar-refractivity contribution in [2.45, 2.75) is 27.7 Å². The van der Waals surface area contributed by atoms with Gasteiger partial charge < -0.3 is 10.6 Å². The van der Waals surface area contributed by atoms with Gasteiger partial charge in [0.1, 0.15) is 0 Å². The van der Waals surface area contributed by atoms with E-state index in [1.54, 1.807) is 12.1 Å². The first-order chi connectivity index (χ1) is 10.3. The first-order valence-electron chi connectivity index (χ1n) is 7.13. The molecule has 0 aliphatic rings. The largest absolute Gasteiger partial charge is 0.326 e. The minimum atomic E-state index is -0.140. The molecular formula is C18H20N2O2. The number of aryl methyl sites for hydroxylation is 3. The molecule has 0 unspecified atom stereocenters. The number of nitrogens with one attached hydrogen (secondary N) is 2. The summed E-state index contributed by atoms with van der Waals surface area (Å²) in [5.74, 6) is -0.256. The van der Waals surface area contributed by atoms with Crippen LogP contribution in [0.25, 0.3) is 0 Å². The molecule has 0 atom stereocenters. The fourth-order valence-corrected chi connectivity index (χ4v) is 2.38. The molecule has 2 N–H and O–H groups in total. The van der Waals surface area contributed by atoms with Crippen molar-refractivity contribution in [2.75, 3.05) is 10.6 Å². The van der Waals surface area contributed by atoms with Gasteiger partial charge in [0.2, 0.25) is 5.91 Å². The highest BCUT2D eigenvalue weighted by Gasteiger charge is 2.08. The number of carbonyl (C=O) groups is 2. The summed E-state index contributed by atoms with van der Waals surface area (Å²) < 4.78 is 0. The van der Waals surface area contributed by atoms with Gasteiger partial charge >= 0.3 is 0 Å². The lowest BCUT2D eigenvalue weighted by Crippen LogP contribution is -2.13. The average molecular weight is 296 g/mol. The lowest BCUT2D eigenvalue weighted by Gasteiger charge is -2.11. The van der Waals surface area contributed by atoms with Gasteiger partial charge in [0.15, 0.2) is 0 Å². The Balaban J connectivity index is 2.18. The lowest BCUT2D eigenvalue weighted by molar-refractivity contribution is -0.114. The molecule has 2 aromatic rings. The van der Waals surface area contributed by atoms with Crippen molar-refractivity contribution in [3.8, 4) is 0 Å². The van der Waals surface area contributed by atoms with Crippen LogP contribution in [0.2, 0.25) is 0 Å². The Morgan fingerprint density at radius 2 is 1.50 bits per heavy atom. The summed E-state index contributed by atoms with van der Waals surface area (Å²) >= 11 is 0. The van der Waals surface area contributed by atoms with E-state index >= 15 is 0 Å². The molecule has 0 aromatic heterocycles. The van der Waals surface area contributed by atoms with E-state index in [1.807, 2.05) is 45.0 Å². The smallest absolute Gasteiger partial charge is 0.255 e. The quantitative estimate of drug-likeness (QED) is 0.904. The van der Waals surface area contributed by atoms with Gasteiger partial charge in [0, 0.05) is 23.9 Å². The van der Waals surface area contributed by atoms with Crippen LogP contribution < -0.4 is 10.6 Å². The summed E-state index contributed by atoms with van der Waals surface area (Å²) in [5.41, 5.74) is 5.10. The zero-order valence-electron chi connectivity index (χ0n) is 13.3. The van der Waals surface area contributed by atoms with Crippen molar-refractivity contribution in [1.29, 1.82) is 0 Å². The van der Waals surface area contributed by atoms with Crippen LogP contribution >= 0.6 is 0 Å². The number of carbonyl (C=O) groups excluding carboxylic acids is 2. The Bertz CT molecular complexity index is 716. The van der Waals surface area contributed by atoms with Crippen LogP contribution in [0, 0.1) is 20.8 Å². The summed E-state index contributed by atoms with van der Waals surface area (Å²) in [6.07, 6.45) is 0. The monoisotopic (exact) mass is 296 g/mol. The Morgan fingerprint density at radius 3 is 2.05 bits per heavy atom. The third-order valence-electron chi connectivity index (χ3n) is 3.28. The van der Waals surface area contributed by atoms with Crippen LogP contribution in [0.15, 0.2) is 36.4 Å². The van der Waals surface area contributed by atoms with Gasteiger partial charge in [-0.25, -0.2) is 0 Å². The number of amides is 2. The highest BCUT2D eigenvalue weighted by Crippen LogP contribution is 2.20. The third-order valence-corrected chi connectivity index (χ3v) is 3.28. The van der Waals surface area contributed by atoms with Crippen molar-refractivity contribution < 1.29 is 9.59 Å². The van der Waals surface area contributed by atoms with Crippen molar-refractivity contribution in [2.24, 2.45) is 0 Å². The summed E-state index contributed by atoms with van der Waals surface area (Å²) in [7, 11) is 0. The second kappa shape index (κ2) is 6.43. The SMILES string of the molecule is CC(=O)Nc1ccc(NC(=O)c2cc(C)cc(C)c2)cc1C. The van der Waals surface area contributed by atoms with Crippen LogP contribution in [-0.4, -0.2) is 11.8 Å². The average Bonchev–Trinajstić information content (AvgIpc) is 2.40. The number of rotatable bonds is 3. The molecule has 114 valence electrons. The minimum Gasteiger partial charge on any atom is -0.326 e. The Labute approximate surface area is 130 Å². The molecule has 0 spiro atoms. The van der Waals surface area contributed by atoms with Gasteiger partial charge in [-0.05, 0) is 56.7 Å². The first kappa shape index (κ1) is 15.8. The van der Waals surface area contributed by atoms with E-state index in [1.165, 1.54) is 6.92 Å². The summed E-state index contributed by atoms with van der Waals surface area (Å²) in [6, 6.07) is 11.2. The van der Waals surface area contributed by atoms with Gasteiger partial charge in [0.25, 0.3) is 5.91 Å². The molecule has 0 heterocycles. The molecule has 0 bridgehead atoms. The molecule has 2 amide bonds. The number of hydrogen-bond acceptors (Lipinski definition) is 2. The maximum absolute atomic E-state index is 12.3. The molecule has 2 aromatic carbocycles. The molecule has 0 saturated carbocycles. The van der Waals surface area contributed by atoms with Crippen LogP contribution in [0.5, 0.6) is 0 Å².